The molecule has 4 rings (SSSR count). The first-order valence-electron chi connectivity index (χ1n) is 7.91. The van der Waals surface area contributed by atoms with Crippen molar-refractivity contribution in [1.29, 1.82) is 0 Å². The molecule has 0 unspecified atom stereocenters. The van der Waals surface area contributed by atoms with Gasteiger partial charge in [0, 0.05) is 16.6 Å². The molecule has 0 aliphatic heterocycles. The maximum Gasteiger partial charge on any atom is 0.142 e. The van der Waals surface area contributed by atoms with Crippen molar-refractivity contribution in [2.45, 2.75) is 26.2 Å². The minimum Gasteiger partial charge on any atom is -0.497 e. The summed E-state index contributed by atoms with van der Waals surface area (Å²) in [6.45, 7) is 2.33. The lowest BCUT2D eigenvalue weighted by Crippen LogP contribution is -2.09. The van der Waals surface area contributed by atoms with E-state index in [1.54, 1.807) is 13.4 Å². The van der Waals surface area contributed by atoms with Gasteiger partial charge in [0.2, 0.25) is 0 Å². The molecule has 4 nitrogen and oxygen atoms in total. The molecule has 0 spiro atoms. The van der Waals surface area contributed by atoms with Crippen molar-refractivity contribution < 1.29 is 4.74 Å². The van der Waals surface area contributed by atoms with Crippen molar-refractivity contribution in [3.8, 4) is 5.75 Å². The zero-order chi connectivity index (χ0) is 15.8. The number of ether oxygens (including phenoxy) is 1. The molecule has 1 aliphatic carbocycles. The van der Waals surface area contributed by atoms with Crippen LogP contribution in [0.15, 0.2) is 30.6 Å². The van der Waals surface area contributed by atoms with Gasteiger partial charge in [0.15, 0.2) is 0 Å². The summed E-state index contributed by atoms with van der Waals surface area (Å²) in [7, 11) is 1.68. The average Bonchev–Trinajstić information content (AvgIpc) is 2.93. The van der Waals surface area contributed by atoms with Gasteiger partial charge in [-0.15, -0.1) is 11.3 Å². The van der Waals surface area contributed by atoms with Gasteiger partial charge in [-0.25, -0.2) is 9.97 Å². The van der Waals surface area contributed by atoms with Gasteiger partial charge < -0.3 is 10.1 Å². The number of hydrogen-bond acceptors (Lipinski definition) is 5. The number of aromatic nitrogens is 2. The molecule has 1 aliphatic rings. The van der Waals surface area contributed by atoms with Crippen molar-refractivity contribution in [2.75, 3.05) is 12.4 Å². The normalized spacial score (nSPS) is 17.0. The number of methoxy groups -OCH3 is 1. The van der Waals surface area contributed by atoms with Gasteiger partial charge in [0.25, 0.3) is 0 Å². The van der Waals surface area contributed by atoms with E-state index in [2.05, 4.69) is 22.2 Å². The number of fused-ring (bicyclic) bond motifs is 3. The molecule has 0 bridgehead atoms. The molecular weight excluding hydrogens is 306 g/mol. The van der Waals surface area contributed by atoms with Crippen LogP contribution in [0.25, 0.3) is 10.2 Å². The monoisotopic (exact) mass is 325 g/mol. The highest BCUT2D eigenvalue weighted by Crippen LogP contribution is 2.40. The third-order valence-electron chi connectivity index (χ3n) is 4.42. The summed E-state index contributed by atoms with van der Waals surface area (Å²) in [6.07, 6.45) is 5.17. The van der Waals surface area contributed by atoms with Crippen LogP contribution in [0.1, 0.15) is 23.8 Å². The Morgan fingerprint density at radius 2 is 2.22 bits per heavy atom. The molecule has 23 heavy (non-hydrogen) atoms. The van der Waals surface area contributed by atoms with Crippen LogP contribution in [-0.4, -0.2) is 17.1 Å². The lowest BCUT2D eigenvalue weighted by atomic mass is 9.89. The Kier molecular flexibility index (Phi) is 3.65. The van der Waals surface area contributed by atoms with E-state index < -0.39 is 0 Å². The molecule has 0 saturated carbocycles. The number of benzene rings is 1. The van der Waals surface area contributed by atoms with Crippen LogP contribution in [0.4, 0.5) is 11.5 Å². The summed E-state index contributed by atoms with van der Waals surface area (Å²) < 4.78 is 5.30. The fourth-order valence-electron chi connectivity index (χ4n) is 3.21. The fourth-order valence-corrected chi connectivity index (χ4v) is 4.56. The number of aryl methyl sites for hydroxylation is 1. The lowest BCUT2D eigenvalue weighted by Gasteiger charge is -2.18. The van der Waals surface area contributed by atoms with Gasteiger partial charge in [0.1, 0.15) is 22.7 Å². The van der Waals surface area contributed by atoms with Crippen LogP contribution in [-0.2, 0) is 12.8 Å². The van der Waals surface area contributed by atoms with Crippen molar-refractivity contribution in [2.24, 2.45) is 5.92 Å². The summed E-state index contributed by atoms with van der Waals surface area (Å²) in [4.78, 5) is 11.6. The number of nitrogens with one attached hydrogen (secondary N) is 1. The van der Waals surface area contributed by atoms with E-state index in [4.69, 9.17) is 4.74 Å². The van der Waals surface area contributed by atoms with Crippen LogP contribution < -0.4 is 10.1 Å². The maximum absolute atomic E-state index is 5.30. The molecule has 0 amide bonds. The summed E-state index contributed by atoms with van der Waals surface area (Å²) in [6, 6.07) is 7.92. The van der Waals surface area contributed by atoms with E-state index in [1.165, 1.54) is 22.2 Å². The quantitative estimate of drug-likeness (QED) is 0.766. The van der Waals surface area contributed by atoms with Gasteiger partial charge >= 0.3 is 0 Å². The molecule has 0 saturated heterocycles. The Morgan fingerprint density at radius 3 is 3.09 bits per heavy atom. The van der Waals surface area contributed by atoms with Crippen LogP contribution in [0, 0.1) is 5.92 Å². The molecule has 3 aromatic rings. The summed E-state index contributed by atoms with van der Waals surface area (Å²) in [5.74, 6) is 2.50. The third kappa shape index (κ3) is 2.65. The second kappa shape index (κ2) is 5.81. The van der Waals surface area contributed by atoms with Crippen molar-refractivity contribution in [3.05, 3.63) is 41.0 Å². The van der Waals surface area contributed by atoms with Crippen molar-refractivity contribution >= 4 is 33.1 Å². The Balaban J connectivity index is 1.78. The van der Waals surface area contributed by atoms with E-state index in [-0.39, 0.29) is 0 Å². The van der Waals surface area contributed by atoms with Gasteiger partial charge in [0.05, 0.1) is 12.5 Å². The minimum absolute atomic E-state index is 0.762. The zero-order valence-corrected chi connectivity index (χ0v) is 14.1. The third-order valence-corrected chi connectivity index (χ3v) is 5.59. The van der Waals surface area contributed by atoms with E-state index >= 15 is 0 Å². The number of thiophene rings is 1. The number of rotatable bonds is 3. The zero-order valence-electron chi connectivity index (χ0n) is 13.3. The van der Waals surface area contributed by atoms with Crippen LogP contribution in [0.3, 0.4) is 0 Å². The highest BCUT2D eigenvalue weighted by Gasteiger charge is 2.23. The largest absolute Gasteiger partial charge is 0.497 e. The van der Waals surface area contributed by atoms with E-state index in [0.29, 0.717) is 0 Å². The van der Waals surface area contributed by atoms with Gasteiger partial charge in [-0.3, -0.25) is 0 Å². The van der Waals surface area contributed by atoms with Crippen molar-refractivity contribution in [3.63, 3.8) is 0 Å². The molecule has 5 heteroatoms. The fraction of sp³-hybridized carbons (Fsp3) is 0.333. The lowest BCUT2D eigenvalue weighted by molar-refractivity contribution is 0.415. The second-order valence-corrected chi connectivity index (χ2v) is 7.19. The average molecular weight is 325 g/mol. The molecule has 1 N–H and O–H groups in total. The van der Waals surface area contributed by atoms with E-state index in [0.717, 1.165) is 40.8 Å². The van der Waals surface area contributed by atoms with E-state index in [9.17, 15) is 0 Å². The molecule has 118 valence electrons. The number of anilines is 2. The highest BCUT2D eigenvalue weighted by atomic mass is 32.1. The Labute approximate surface area is 139 Å². The number of nitrogens with zero attached hydrogens (tertiary/aromatic N) is 2. The summed E-state index contributed by atoms with van der Waals surface area (Å²) >= 11 is 1.82. The molecular formula is C18H19N3OS. The predicted octanol–water partition coefficient (Wildman–Crippen LogP) is 4.57. The minimum atomic E-state index is 0.762. The molecule has 2 heterocycles. The van der Waals surface area contributed by atoms with Gasteiger partial charge in [-0.2, -0.15) is 0 Å². The van der Waals surface area contributed by atoms with Gasteiger partial charge in [-0.1, -0.05) is 13.0 Å². The van der Waals surface area contributed by atoms with Gasteiger partial charge in [-0.05, 0) is 42.9 Å². The molecule has 0 radical (unpaired) electrons. The van der Waals surface area contributed by atoms with E-state index in [1.807, 2.05) is 35.6 Å². The van der Waals surface area contributed by atoms with Crippen molar-refractivity contribution in [1.82, 2.24) is 9.97 Å². The first kappa shape index (κ1) is 14.5. The molecule has 1 atom stereocenters. The Morgan fingerprint density at radius 1 is 1.30 bits per heavy atom. The maximum atomic E-state index is 5.30. The summed E-state index contributed by atoms with van der Waals surface area (Å²) in [5.41, 5.74) is 2.42. The number of hydrogen-bond donors (Lipinski definition) is 1. The predicted molar refractivity (Wildman–Crippen MR) is 94.9 cm³/mol. The first-order chi connectivity index (χ1) is 11.2. The van der Waals surface area contributed by atoms with Crippen LogP contribution in [0.2, 0.25) is 0 Å². The molecule has 1 aromatic carbocycles. The Hall–Kier alpha value is -2.14. The molecule has 0 fully saturated rings. The highest BCUT2D eigenvalue weighted by molar-refractivity contribution is 7.19. The standard InChI is InChI=1S/C18H19N3OS/c1-11-6-7-14-15(8-11)23-18-16(14)17(19-10-20-18)21-12-4-3-5-13(9-12)22-2/h3-5,9-11H,6-8H2,1-2H3,(H,19,20,21)/t11-/m0/s1. The van der Waals surface area contributed by atoms with Crippen LogP contribution >= 0.6 is 11.3 Å². The first-order valence-corrected chi connectivity index (χ1v) is 8.72. The smallest absolute Gasteiger partial charge is 0.142 e. The SMILES string of the molecule is COc1cccc(Nc2ncnc3sc4c(c23)CC[C@H](C)C4)c1. The second-order valence-electron chi connectivity index (χ2n) is 6.11. The van der Waals surface area contributed by atoms with Crippen LogP contribution in [0.5, 0.6) is 5.75 Å². The Bertz CT molecular complexity index is 859. The topological polar surface area (TPSA) is 47.0 Å². The summed E-state index contributed by atoms with van der Waals surface area (Å²) in [5, 5.41) is 4.64. The molecule has 2 aromatic heterocycles.